The first-order chi connectivity index (χ1) is 10.0. The third-order valence-corrected chi connectivity index (χ3v) is 3.46. The summed E-state index contributed by atoms with van der Waals surface area (Å²) in [5.41, 5.74) is 4.12. The lowest BCUT2D eigenvalue weighted by Gasteiger charge is -2.14. The van der Waals surface area contributed by atoms with Crippen molar-refractivity contribution in [3.05, 3.63) is 41.2 Å². The van der Waals surface area contributed by atoms with Crippen LogP contribution in [0, 0.1) is 13.8 Å². The van der Waals surface area contributed by atoms with Crippen molar-refractivity contribution in [2.24, 2.45) is 0 Å². The molecule has 1 N–H and O–H groups in total. The van der Waals surface area contributed by atoms with Crippen molar-refractivity contribution in [2.75, 3.05) is 7.11 Å². The molecule has 2 rings (SSSR count). The molecule has 4 nitrogen and oxygen atoms in total. The van der Waals surface area contributed by atoms with Crippen LogP contribution < -0.4 is 10.1 Å². The lowest BCUT2D eigenvalue weighted by molar-refractivity contribution is 0.416. The van der Waals surface area contributed by atoms with Crippen molar-refractivity contribution in [1.82, 2.24) is 15.3 Å². The maximum absolute atomic E-state index is 5.40. The van der Waals surface area contributed by atoms with E-state index < -0.39 is 0 Å². The standard InChI is InChI=1S/C17H23N3O/c1-11(2)18-10-15-12(3)19-17(20-13(15)4)14-8-6-7-9-16(14)21-5/h6-9,11,18H,10H2,1-5H3. The first-order valence-electron chi connectivity index (χ1n) is 7.23. The molecule has 0 atom stereocenters. The van der Waals surface area contributed by atoms with Crippen LogP contribution >= 0.6 is 0 Å². The smallest absolute Gasteiger partial charge is 0.163 e. The van der Waals surface area contributed by atoms with Crippen LogP contribution in [-0.2, 0) is 6.54 Å². The van der Waals surface area contributed by atoms with E-state index in [1.54, 1.807) is 7.11 Å². The van der Waals surface area contributed by atoms with Gasteiger partial charge in [-0.25, -0.2) is 9.97 Å². The van der Waals surface area contributed by atoms with Gasteiger partial charge in [0, 0.05) is 29.5 Å². The van der Waals surface area contributed by atoms with Crippen LogP contribution in [0.25, 0.3) is 11.4 Å². The summed E-state index contributed by atoms with van der Waals surface area (Å²) in [6.07, 6.45) is 0. The minimum atomic E-state index is 0.442. The average Bonchev–Trinajstić information content (AvgIpc) is 2.45. The average molecular weight is 285 g/mol. The number of aromatic nitrogens is 2. The van der Waals surface area contributed by atoms with Gasteiger partial charge in [0.15, 0.2) is 5.82 Å². The molecule has 0 fully saturated rings. The first-order valence-corrected chi connectivity index (χ1v) is 7.23. The van der Waals surface area contributed by atoms with Gasteiger partial charge in [0.05, 0.1) is 12.7 Å². The molecule has 0 aliphatic rings. The highest BCUT2D eigenvalue weighted by molar-refractivity contribution is 5.64. The Morgan fingerprint density at radius 3 is 2.29 bits per heavy atom. The number of methoxy groups -OCH3 is 1. The van der Waals surface area contributed by atoms with Crippen LogP contribution in [0.4, 0.5) is 0 Å². The third kappa shape index (κ3) is 3.58. The van der Waals surface area contributed by atoms with Crippen molar-refractivity contribution in [2.45, 2.75) is 40.3 Å². The van der Waals surface area contributed by atoms with E-state index in [1.165, 1.54) is 5.56 Å². The van der Waals surface area contributed by atoms with Gasteiger partial charge in [-0.05, 0) is 26.0 Å². The number of nitrogens with zero attached hydrogens (tertiary/aromatic N) is 2. The predicted octanol–water partition coefficient (Wildman–Crippen LogP) is 3.27. The highest BCUT2D eigenvalue weighted by Crippen LogP contribution is 2.27. The Morgan fingerprint density at radius 2 is 1.71 bits per heavy atom. The molecule has 21 heavy (non-hydrogen) atoms. The highest BCUT2D eigenvalue weighted by atomic mass is 16.5. The second-order valence-electron chi connectivity index (χ2n) is 5.43. The van der Waals surface area contributed by atoms with E-state index in [2.05, 4.69) is 29.1 Å². The minimum Gasteiger partial charge on any atom is -0.496 e. The summed E-state index contributed by atoms with van der Waals surface area (Å²) < 4.78 is 5.40. The van der Waals surface area contributed by atoms with Crippen LogP contribution in [0.15, 0.2) is 24.3 Å². The molecule has 112 valence electrons. The van der Waals surface area contributed by atoms with E-state index in [0.717, 1.165) is 35.1 Å². The fraction of sp³-hybridized carbons (Fsp3) is 0.412. The molecular weight excluding hydrogens is 262 g/mol. The number of nitrogens with one attached hydrogen (secondary N) is 1. The molecule has 0 radical (unpaired) electrons. The maximum atomic E-state index is 5.40. The quantitative estimate of drug-likeness (QED) is 0.916. The molecule has 2 aromatic rings. The number of hydrogen-bond acceptors (Lipinski definition) is 4. The number of para-hydroxylation sites is 1. The second-order valence-corrected chi connectivity index (χ2v) is 5.43. The van der Waals surface area contributed by atoms with Crippen LogP contribution in [0.5, 0.6) is 5.75 Å². The van der Waals surface area contributed by atoms with Gasteiger partial charge in [0.1, 0.15) is 5.75 Å². The van der Waals surface area contributed by atoms with Crippen molar-refractivity contribution in [3.63, 3.8) is 0 Å². The summed E-state index contributed by atoms with van der Waals surface area (Å²) in [7, 11) is 1.67. The molecule has 0 aliphatic heterocycles. The van der Waals surface area contributed by atoms with Crippen molar-refractivity contribution < 1.29 is 4.74 Å². The van der Waals surface area contributed by atoms with E-state index in [9.17, 15) is 0 Å². The van der Waals surface area contributed by atoms with Gasteiger partial charge in [-0.3, -0.25) is 0 Å². The zero-order valence-electron chi connectivity index (χ0n) is 13.4. The molecule has 0 spiro atoms. The van der Waals surface area contributed by atoms with Crippen molar-refractivity contribution in [1.29, 1.82) is 0 Å². The number of rotatable bonds is 5. The predicted molar refractivity (Wildman–Crippen MR) is 85.5 cm³/mol. The van der Waals surface area contributed by atoms with Gasteiger partial charge >= 0.3 is 0 Å². The maximum Gasteiger partial charge on any atom is 0.163 e. The topological polar surface area (TPSA) is 47.0 Å². The lowest BCUT2D eigenvalue weighted by atomic mass is 10.1. The van der Waals surface area contributed by atoms with Crippen LogP contribution in [-0.4, -0.2) is 23.1 Å². The van der Waals surface area contributed by atoms with Gasteiger partial charge in [0.25, 0.3) is 0 Å². The molecule has 0 amide bonds. The summed E-state index contributed by atoms with van der Waals surface area (Å²) in [6.45, 7) is 9.13. The molecule has 0 aliphatic carbocycles. The van der Waals surface area contributed by atoms with Crippen molar-refractivity contribution >= 4 is 0 Å². The summed E-state index contributed by atoms with van der Waals surface area (Å²) in [6, 6.07) is 8.28. The molecule has 1 aromatic heterocycles. The molecule has 0 saturated heterocycles. The Hall–Kier alpha value is -1.94. The lowest BCUT2D eigenvalue weighted by Crippen LogP contribution is -2.23. The molecule has 1 heterocycles. The Kier molecular flexibility index (Phi) is 4.91. The zero-order valence-corrected chi connectivity index (χ0v) is 13.4. The van der Waals surface area contributed by atoms with Gasteiger partial charge in [-0.1, -0.05) is 26.0 Å². The summed E-state index contributed by atoms with van der Waals surface area (Å²) >= 11 is 0. The van der Waals surface area contributed by atoms with E-state index in [0.29, 0.717) is 6.04 Å². The van der Waals surface area contributed by atoms with E-state index in [4.69, 9.17) is 4.74 Å². The number of aryl methyl sites for hydroxylation is 2. The minimum absolute atomic E-state index is 0.442. The van der Waals surface area contributed by atoms with Crippen molar-refractivity contribution in [3.8, 4) is 17.1 Å². The Balaban J connectivity index is 2.39. The summed E-state index contributed by atoms with van der Waals surface area (Å²) in [4.78, 5) is 9.32. The van der Waals surface area contributed by atoms with Gasteiger partial charge in [0.2, 0.25) is 0 Å². The largest absolute Gasteiger partial charge is 0.496 e. The van der Waals surface area contributed by atoms with Crippen LogP contribution in [0.3, 0.4) is 0 Å². The first kappa shape index (κ1) is 15.4. The molecule has 1 aromatic carbocycles. The fourth-order valence-corrected chi connectivity index (χ4v) is 2.25. The number of ether oxygens (including phenoxy) is 1. The molecular formula is C17H23N3O. The second kappa shape index (κ2) is 6.68. The molecule has 0 unspecified atom stereocenters. The van der Waals surface area contributed by atoms with Crippen LogP contribution in [0.1, 0.15) is 30.8 Å². The van der Waals surface area contributed by atoms with Gasteiger partial charge in [-0.2, -0.15) is 0 Å². The fourth-order valence-electron chi connectivity index (χ4n) is 2.25. The molecule has 0 saturated carbocycles. The molecule has 4 heteroatoms. The SMILES string of the molecule is COc1ccccc1-c1nc(C)c(CNC(C)C)c(C)n1. The monoisotopic (exact) mass is 285 g/mol. The Labute approximate surface area is 126 Å². The normalized spacial score (nSPS) is 11.0. The van der Waals surface area contributed by atoms with E-state index in [-0.39, 0.29) is 0 Å². The highest BCUT2D eigenvalue weighted by Gasteiger charge is 2.13. The third-order valence-electron chi connectivity index (χ3n) is 3.46. The molecule has 0 bridgehead atoms. The van der Waals surface area contributed by atoms with Gasteiger partial charge < -0.3 is 10.1 Å². The Bertz CT molecular complexity index is 600. The summed E-state index contributed by atoms with van der Waals surface area (Å²) in [5.74, 6) is 1.51. The number of benzene rings is 1. The van der Waals surface area contributed by atoms with Crippen LogP contribution in [0.2, 0.25) is 0 Å². The van der Waals surface area contributed by atoms with E-state index >= 15 is 0 Å². The summed E-state index contributed by atoms with van der Waals surface area (Å²) in [5, 5.41) is 3.42. The van der Waals surface area contributed by atoms with E-state index in [1.807, 2.05) is 38.1 Å². The Morgan fingerprint density at radius 1 is 1.10 bits per heavy atom. The van der Waals surface area contributed by atoms with Gasteiger partial charge in [-0.15, -0.1) is 0 Å². The number of hydrogen-bond donors (Lipinski definition) is 1. The zero-order chi connectivity index (χ0) is 15.4.